The van der Waals surface area contributed by atoms with E-state index in [1.54, 1.807) is 0 Å². The zero-order valence-electron chi connectivity index (χ0n) is 10.1. The Hall–Kier alpha value is -0.610. The van der Waals surface area contributed by atoms with Crippen LogP contribution >= 0.6 is 0 Å². The van der Waals surface area contributed by atoms with E-state index in [1.807, 2.05) is 20.8 Å². The largest absolute Gasteiger partial charge is 0.382 e. The average Bonchev–Trinajstić information content (AvgIpc) is 2.24. The molecule has 0 aromatic heterocycles. The first-order chi connectivity index (χ1) is 7.08. The molecule has 4 heteroatoms. The van der Waals surface area contributed by atoms with Crippen LogP contribution in [0.5, 0.6) is 0 Å². The van der Waals surface area contributed by atoms with Gasteiger partial charge in [-0.15, -0.1) is 0 Å². The monoisotopic (exact) mass is 216 g/mol. The lowest BCUT2D eigenvalue weighted by atomic mass is 9.99. The van der Waals surface area contributed by atoms with E-state index in [9.17, 15) is 4.79 Å². The first-order valence-corrected chi connectivity index (χ1v) is 5.66. The van der Waals surface area contributed by atoms with Crippen molar-refractivity contribution < 1.29 is 9.53 Å². The van der Waals surface area contributed by atoms with Gasteiger partial charge in [0, 0.05) is 31.7 Å². The third kappa shape index (κ3) is 6.47. The summed E-state index contributed by atoms with van der Waals surface area (Å²) in [5.74, 6) is 0.0597. The van der Waals surface area contributed by atoms with Crippen LogP contribution in [-0.4, -0.2) is 31.2 Å². The summed E-state index contributed by atoms with van der Waals surface area (Å²) < 4.78 is 5.16. The summed E-state index contributed by atoms with van der Waals surface area (Å²) in [6.07, 6.45) is 2.13. The Balaban J connectivity index is 3.72. The van der Waals surface area contributed by atoms with Crippen molar-refractivity contribution in [3.05, 3.63) is 0 Å². The lowest BCUT2D eigenvalue weighted by Gasteiger charge is -2.27. The van der Waals surface area contributed by atoms with Gasteiger partial charge in [-0.05, 0) is 26.7 Å². The number of rotatable bonds is 8. The molecule has 0 aromatic carbocycles. The summed E-state index contributed by atoms with van der Waals surface area (Å²) in [5.41, 5.74) is 5.34. The van der Waals surface area contributed by atoms with Crippen LogP contribution in [0.2, 0.25) is 0 Å². The van der Waals surface area contributed by atoms with E-state index in [0.717, 1.165) is 12.8 Å². The predicted octanol–water partition coefficient (Wildman–Crippen LogP) is 1.05. The van der Waals surface area contributed by atoms with Crippen molar-refractivity contribution in [3.63, 3.8) is 0 Å². The van der Waals surface area contributed by atoms with E-state index < -0.39 is 0 Å². The molecule has 0 aliphatic heterocycles. The van der Waals surface area contributed by atoms with Crippen molar-refractivity contribution in [3.8, 4) is 0 Å². The van der Waals surface area contributed by atoms with E-state index in [0.29, 0.717) is 26.2 Å². The first kappa shape index (κ1) is 14.4. The Morgan fingerprint density at radius 3 is 2.60 bits per heavy atom. The third-order valence-electron chi connectivity index (χ3n) is 2.57. The second kappa shape index (κ2) is 7.65. The van der Waals surface area contributed by atoms with Gasteiger partial charge in [-0.1, -0.05) is 6.92 Å². The maximum absolute atomic E-state index is 11.5. The van der Waals surface area contributed by atoms with Gasteiger partial charge in [-0.25, -0.2) is 0 Å². The molecule has 0 aliphatic rings. The summed E-state index contributed by atoms with van der Waals surface area (Å²) in [5, 5.41) is 2.95. The summed E-state index contributed by atoms with van der Waals surface area (Å²) in [6.45, 7) is 7.76. The minimum Gasteiger partial charge on any atom is -0.382 e. The number of nitrogens with one attached hydrogen (secondary N) is 1. The fraction of sp³-hybridized carbons (Fsp3) is 0.909. The number of carbonyl (C=O) groups is 1. The van der Waals surface area contributed by atoms with Gasteiger partial charge in [0.25, 0.3) is 0 Å². The molecule has 0 radical (unpaired) electrons. The normalized spacial score (nSPS) is 14.7. The molecule has 3 N–H and O–H groups in total. The maximum Gasteiger partial charge on any atom is 0.220 e. The molecule has 4 nitrogen and oxygen atoms in total. The predicted molar refractivity (Wildman–Crippen MR) is 61.6 cm³/mol. The Kier molecular flexibility index (Phi) is 7.34. The van der Waals surface area contributed by atoms with Crippen LogP contribution in [0.15, 0.2) is 0 Å². The van der Waals surface area contributed by atoms with E-state index in [4.69, 9.17) is 10.5 Å². The molecule has 1 unspecified atom stereocenters. The lowest BCUT2D eigenvalue weighted by molar-refractivity contribution is -0.123. The van der Waals surface area contributed by atoms with Gasteiger partial charge in [-0.3, -0.25) is 4.79 Å². The van der Waals surface area contributed by atoms with Crippen LogP contribution in [0.3, 0.4) is 0 Å². The summed E-state index contributed by atoms with van der Waals surface area (Å²) in [7, 11) is 0. The molecular weight excluding hydrogens is 192 g/mol. The van der Waals surface area contributed by atoms with Gasteiger partial charge < -0.3 is 15.8 Å². The Morgan fingerprint density at radius 2 is 2.13 bits per heavy atom. The minimum absolute atomic E-state index is 0.0597. The van der Waals surface area contributed by atoms with Gasteiger partial charge in [0.15, 0.2) is 0 Å². The molecule has 0 saturated carbocycles. The van der Waals surface area contributed by atoms with Crippen molar-refractivity contribution in [1.29, 1.82) is 0 Å². The highest BCUT2D eigenvalue weighted by molar-refractivity contribution is 5.76. The highest BCUT2D eigenvalue weighted by Gasteiger charge is 2.21. The molecule has 0 saturated heterocycles. The van der Waals surface area contributed by atoms with Crippen molar-refractivity contribution in [2.75, 3.05) is 19.8 Å². The van der Waals surface area contributed by atoms with Crippen molar-refractivity contribution in [2.24, 2.45) is 5.73 Å². The van der Waals surface area contributed by atoms with E-state index in [-0.39, 0.29) is 11.4 Å². The lowest BCUT2D eigenvalue weighted by Crippen LogP contribution is -2.50. The number of carbonyl (C=O) groups excluding carboxylic acids is 1. The molecule has 0 aromatic rings. The molecular formula is C11H24N2O2. The van der Waals surface area contributed by atoms with E-state index in [2.05, 4.69) is 5.32 Å². The second-order valence-corrected chi connectivity index (χ2v) is 3.97. The van der Waals surface area contributed by atoms with E-state index >= 15 is 0 Å². The number of amides is 1. The maximum atomic E-state index is 11.5. The van der Waals surface area contributed by atoms with Gasteiger partial charge in [0.1, 0.15) is 0 Å². The molecule has 90 valence electrons. The highest BCUT2D eigenvalue weighted by atomic mass is 16.5. The molecule has 0 aliphatic carbocycles. The summed E-state index contributed by atoms with van der Waals surface area (Å²) >= 11 is 0. The number of hydrogen-bond acceptors (Lipinski definition) is 3. The topological polar surface area (TPSA) is 64.3 Å². The molecule has 0 rings (SSSR count). The molecule has 15 heavy (non-hydrogen) atoms. The standard InChI is InChI=1S/C11H24N2O2/c1-4-11(3,9-12)13-10(14)7-6-8-15-5-2/h4-9,12H2,1-3H3,(H,13,14). The molecule has 0 fully saturated rings. The first-order valence-electron chi connectivity index (χ1n) is 5.66. The molecule has 1 amide bonds. The van der Waals surface area contributed by atoms with Crippen molar-refractivity contribution in [2.45, 2.75) is 45.6 Å². The van der Waals surface area contributed by atoms with Gasteiger partial charge in [0.05, 0.1) is 0 Å². The fourth-order valence-corrected chi connectivity index (χ4v) is 1.16. The highest BCUT2D eigenvalue weighted by Crippen LogP contribution is 2.07. The van der Waals surface area contributed by atoms with Gasteiger partial charge in [-0.2, -0.15) is 0 Å². The minimum atomic E-state index is -0.261. The molecule has 0 bridgehead atoms. The van der Waals surface area contributed by atoms with Crippen LogP contribution in [-0.2, 0) is 9.53 Å². The number of hydrogen-bond donors (Lipinski definition) is 2. The van der Waals surface area contributed by atoms with Crippen LogP contribution < -0.4 is 11.1 Å². The number of ether oxygens (including phenoxy) is 1. The van der Waals surface area contributed by atoms with Crippen LogP contribution in [0, 0.1) is 0 Å². The fourth-order valence-electron chi connectivity index (χ4n) is 1.16. The van der Waals surface area contributed by atoms with Crippen LogP contribution in [0.25, 0.3) is 0 Å². The summed E-state index contributed by atoms with van der Waals surface area (Å²) in [4.78, 5) is 11.5. The summed E-state index contributed by atoms with van der Waals surface area (Å²) in [6, 6.07) is 0. The zero-order valence-corrected chi connectivity index (χ0v) is 10.1. The van der Waals surface area contributed by atoms with E-state index in [1.165, 1.54) is 0 Å². The molecule has 0 heterocycles. The Labute approximate surface area is 92.6 Å². The van der Waals surface area contributed by atoms with Crippen LogP contribution in [0.1, 0.15) is 40.0 Å². The Morgan fingerprint density at radius 1 is 1.47 bits per heavy atom. The SMILES string of the molecule is CCOCCCC(=O)NC(C)(CC)CN. The third-order valence-corrected chi connectivity index (χ3v) is 2.57. The van der Waals surface area contributed by atoms with Gasteiger partial charge in [0.2, 0.25) is 5.91 Å². The quantitative estimate of drug-likeness (QED) is 0.596. The average molecular weight is 216 g/mol. The van der Waals surface area contributed by atoms with Crippen molar-refractivity contribution >= 4 is 5.91 Å². The zero-order chi connectivity index (χ0) is 11.7. The van der Waals surface area contributed by atoms with Crippen molar-refractivity contribution in [1.82, 2.24) is 5.32 Å². The Bertz CT molecular complexity index is 179. The second-order valence-electron chi connectivity index (χ2n) is 3.97. The van der Waals surface area contributed by atoms with Gasteiger partial charge >= 0.3 is 0 Å². The number of nitrogens with two attached hydrogens (primary N) is 1. The molecule has 1 atom stereocenters. The smallest absolute Gasteiger partial charge is 0.220 e. The molecule has 0 spiro atoms. The van der Waals surface area contributed by atoms with Crippen LogP contribution in [0.4, 0.5) is 0 Å².